The van der Waals surface area contributed by atoms with Crippen LogP contribution in [-0.2, 0) is 13.6 Å². The van der Waals surface area contributed by atoms with E-state index in [9.17, 15) is 9.59 Å². The Morgan fingerprint density at radius 3 is 2.54 bits per heavy atom. The van der Waals surface area contributed by atoms with E-state index in [0.717, 1.165) is 9.24 Å². The van der Waals surface area contributed by atoms with Crippen LogP contribution in [0.2, 0.25) is 0 Å². The van der Waals surface area contributed by atoms with Gasteiger partial charge in [0, 0.05) is 12.6 Å². The molecular formula is C17H17N5O4. The number of imidazole rings is 1. The number of hydrogen-bond acceptors (Lipinski definition) is 6. The minimum Gasteiger partial charge on any atom is -0.493 e. The zero-order chi connectivity index (χ0) is 19.0. The Bertz CT molecular complexity index is 1160. The average Bonchev–Trinajstić information content (AvgIpc) is 3.00. The first-order valence-corrected chi connectivity index (χ1v) is 7.57. The molecule has 0 atom stereocenters. The number of nitrogens with zero attached hydrogens (tertiary/aromatic N) is 4. The lowest BCUT2D eigenvalue weighted by Gasteiger charge is -2.09. The molecule has 26 heavy (non-hydrogen) atoms. The van der Waals surface area contributed by atoms with Gasteiger partial charge in [0.25, 0.3) is 5.56 Å². The van der Waals surface area contributed by atoms with Crippen LogP contribution in [0.4, 0.5) is 0 Å². The lowest BCUT2D eigenvalue weighted by molar-refractivity contribution is 0.355. The summed E-state index contributed by atoms with van der Waals surface area (Å²) >= 11 is 0. The van der Waals surface area contributed by atoms with Crippen LogP contribution >= 0.6 is 0 Å². The summed E-state index contributed by atoms with van der Waals surface area (Å²) in [7, 11) is 4.72. The van der Waals surface area contributed by atoms with E-state index in [1.165, 1.54) is 14.2 Å². The van der Waals surface area contributed by atoms with Crippen molar-refractivity contribution in [2.45, 2.75) is 6.54 Å². The van der Waals surface area contributed by atoms with Gasteiger partial charge in [-0.1, -0.05) is 5.92 Å². The van der Waals surface area contributed by atoms with Crippen molar-refractivity contribution in [1.29, 1.82) is 0 Å². The number of hydrogen-bond donors (Lipinski definition) is 1. The number of rotatable bonds is 4. The third kappa shape index (κ3) is 2.39. The largest absolute Gasteiger partial charge is 0.493 e. The maximum absolute atomic E-state index is 12.7. The molecule has 9 heteroatoms. The summed E-state index contributed by atoms with van der Waals surface area (Å²) in [5.41, 5.74) is -0.367. The Balaban J connectivity index is 2.34. The van der Waals surface area contributed by atoms with Crippen LogP contribution in [0.5, 0.6) is 11.5 Å². The van der Waals surface area contributed by atoms with Gasteiger partial charge in [0.2, 0.25) is 0 Å². The Morgan fingerprint density at radius 1 is 1.23 bits per heavy atom. The topological polar surface area (TPSA) is 106 Å². The van der Waals surface area contributed by atoms with E-state index >= 15 is 0 Å². The SMILES string of the molecule is C#CCn1c(=O)c2c(nc(-c3ccc(OC)c(OC)c3)n2C)n(N)c1=O. The Labute approximate surface area is 148 Å². The Hall–Kier alpha value is -3.67. The van der Waals surface area contributed by atoms with Crippen LogP contribution in [0.1, 0.15) is 0 Å². The molecule has 0 aliphatic carbocycles. The van der Waals surface area contributed by atoms with Gasteiger partial charge in [-0.3, -0.25) is 4.79 Å². The van der Waals surface area contributed by atoms with Crippen LogP contribution in [-0.4, -0.2) is 33.0 Å². The van der Waals surface area contributed by atoms with Gasteiger partial charge >= 0.3 is 5.69 Å². The molecule has 0 aliphatic heterocycles. The van der Waals surface area contributed by atoms with Crippen LogP contribution < -0.4 is 26.6 Å². The fourth-order valence-corrected chi connectivity index (χ4v) is 2.79. The number of aryl methyl sites for hydroxylation is 1. The van der Waals surface area contributed by atoms with Gasteiger partial charge in [0.15, 0.2) is 22.7 Å². The Kier molecular flexibility index (Phi) is 4.18. The molecule has 0 aliphatic rings. The van der Waals surface area contributed by atoms with Gasteiger partial charge in [-0.25, -0.2) is 14.3 Å². The minimum atomic E-state index is -0.725. The molecule has 2 N–H and O–H groups in total. The normalized spacial score (nSPS) is 10.7. The van der Waals surface area contributed by atoms with Crippen molar-refractivity contribution in [2.24, 2.45) is 7.05 Å². The molecule has 0 radical (unpaired) electrons. The highest BCUT2D eigenvalue weighted by molar-refractivity contribution is 5.77. The zero-order valence-electron chi connectivity index (χ0n) is 14.5. The van der Waals surface area contributed by atoms with Crippen molar-refractivity contribution in [3.63, 3.8) is 0 Å². The first-order chi connectivity index (χ1) is 12.4. The first-order valence-electron chi connectivity index (χ1n) is 7.57. The summed E-state index contributed by atoms with van der Waals surface area (Å²) in [4.78, 5) is 29.3. The molecule has 2 aromatic heterocycles. The van der Waals surface area contributed by atoms with Crippen LogP contribution in [0, 0.1) is 12.3 Å². The van der Waals surface area contributed by atoms with E-state index in [1.54, 1.807) is 29.8 Å². The molecule has 0 spiro atoms. The molecule has 3 aromatic rings. The summed E-state index contributed by atoms with van der Waals surface area (Å²) in [5.74, 6) is 9.62. The smallest absolute Gasteiger partial charge is 0.352 e. The quantitative estimate of drug-likeness (QED) is 0.519. The van der Waals surface area contributed by atoms with Gasteiger partial charge in [-0.2, -0.15) is 4.68 Å². The van der Waals surface area contributed by atoms with Crippen molar-refractivity contribution in [3.8, 4) is 35.2 Å². The van der Waals surface area contributed by atoms with Gasteiger partial charge in [0.05, 0.1) is 20.8 Å². The lowest BCUT2D eigenvalue weighted by Crippen LogP contribution is -2.43. The molecule has 0 amide bonds. The number of ether oxygens (including phenoxy) is 2. The first kappa shape index (κ1) is 17.2. The fraction of sp³-hybridized carbons (Fsp3) is 0.235. The molecule has 134 valence electrons. The molecule has 2 heterocycles. The number of terminal acetylenes is 1. The van der Waals surface area contributed by atoms with Gasteiger partial charge in [-0.05, 0) is 18.2 Å². The highest BCUT2D eigenvalue weighted by Crippen LogP contribution is 2.32. The van der Waals surface area contributed by atoms with E-state index in [-0.39, 0.29) is 17.7 Å². The number of nitrogens with two attached hydrogens (primary N) is 1. The number of methoxy groups -OCH3 is 2. The molecule has 1 aromatic carbocycles. The van der Waals surface area contributed by atoms with Crippen molar-refractivity contribution >= 4 is 11.2 Å². The molecule has 0 saturated carbocycles. The average molecular weight is 355 g/mol. The molecule has 0 unspecified atom stereocenters. The van der Waals surface area contributed by atoms with Crippen molar-refractivity contribution in [1.82, 2.24) is 18.8 Å². The number of aromatic nitrogens is 4. The molecular weight excluding hydrogens is 338 g/mol. The predicted octanol–water partition coefficient (Wildman–Crippen LogP) is -0.0721. The van der Waals surface area contributed by atoms with Crippen molar-refractivity contribution in [2.75, 3.05) is 20.1 Å². The van der Waals surface area contributed by atoms with Crippen LogP contribution in [0.3, 0.4) is 0 Å². The second-order valence-corrected chi connectivity index (χ2v) is 5.48. The summed E-state index contributed by atoms with van der Waals surface area (Å²) in [5, 5.41) is 0. The maximum Gasteiger partial charge on any atom is 0.352 e. The summed E-state index contributed by atoms with van der Waals surface area (Å²) in [6, 6.07) is 5.21. The predicted molar refractivity (Wildman–Crippen MR) is 96.8 cm³/mol. The highest BCUT2D eigenvalue weighted by atomic mass is 16.5. The Morgan fingerprint density at radius 2 is 1.92 bits per heavy atom. The maximum atomic E-state index is 12.7. The van der Waals surface area contributed by atoms with Crippen molar-refractivity contribution in [3.05, 3.63) is 39.0 Å². The monoisotopic (exact) mass is 355 g/mol. The summed E-state index contributed by atoms with van der Waals surface area (Å²) < 4.78 is 13.8. The van der Waals surface area contributed by atoms with E-state index < -0.39 is 11.2 Å². The minimum absolute atomic E-state index is 0.0700. The third-order valence-electron chi connectivity index (χ3n) is 4.08. The molecule has 3 rings (SSSR count). The molecule has 0 saturated heterocycles. The third-order valence-corrected chi connectivity index (χ3v) is 4.08. The summed E-state index contributed by atoms with van der Waals surface area (Å²) in [6.45, 7) is -0.179. The molecule has 0 fully saturated rings. The van der Waals surface area contributed by atoms with Crippen LogP contribution in [0.15, 0.2) is 27.8 Å². The fourth-order valence-electron chi connectivity index (χ4n) is 2.79. The standard InChI is InChI=1S/C17H17N5O4/c1-5-8-21-16(23)13-15(22(18)17(21)24)19-14(20(13)2)10-6-7-11(25-3)12(9-10)26-4/h1,6-7,9H,8,18H2,2-4H3. The van der Waals surface area contributed by atoms with Crippen LogP contribution in [0.25, 0.3) is 22.6 Å². The van der Waals surface area contributed by atoms with E-state index in [2.05, 4.69) is 10.9 Å². The van der Waals surface area contributed by atoms with Gasteiger partial charge in [0.1, 0.15) is 5.82 Å². The number of nitrogen functional groups attached to an aromatic ring is 1. The van der Waals surface area contributed by atoms with Gasteiger partial charge < -0.3 is 19.9 Å². The number of benzene rings is 1. The number of fused-ring (bicyclic) bond motifs is 1. The highest BCUT2D eigenvalue weighted by Gasteiger charge is 2.20. The summed E-state index contributed by atoms with van der Waals surface area (Å²) in [6.07, 6.45) is 5.24. The second kappa shape index (κ2) is 6.33. The molecule has 9 nitrogen and oxygen atoms in total. The van der Waals surface area contributed by atoms with Crippen molar-refractivity contribution < 1.29 is 9.47 Å². The second-order valence-electron chi connectivity index (χ2n) is 5.48. The van der Waals surface area contributed by atoms with Gasteiger partial charge in [-0.15, -0.1) is 6.42 Å². The van der Waals surface area contributed by atoms with E-state index in [4.69, 9.17) is 21.7 Å². The van der Waals surface area contributed by atoms with E-state index in [0.29, 0.717) is 22.9 Å². The molecule has 0 bridgehead atoms. The lowest BCUT2D eigenvalue weighted by atomic mass is 10.2. The zero-order valence-corrected chi connectivity index (χ0v) is 14.5. The van der Waals surface area contributed by atoms with E-state index in [1.807, 2.05) is 0 Å².